The Labute approximate surface area is 105 Å². The Kier molecular flexibility index (Phi) is 4.84. The van der Waals surface area contributed by atoms with Crippen molar-refractivity contribution in [2.75, 3.05) is 6.54 Å². The molecule has 2 fully saturated rings. The number of nitrogens with zero attached hydrogens (tertiary/aromatic N) is 1. The summed E-state index contributed by atoms with van der Waals surface area (Å²) in [5, 5.41) is 7.60. The van der Waals surface area contributed by atoms with Crippen LogP contribution in [0.5, 0.6) is 0 Å². The molecule has 0 saturated heterocycles. The molecule has 3 heteroatoms. The molecule has 0 radical (unpaired) electrons. The summed E-state index contributed by atoms with van der Waals surface area (Å²) >= 11 is 0. The lowest BCUT2D eigenvalue weighted by atomic mass is 9.88. The van der Waals surface area contributed by atoms with E-state index in [1.807, 2.05) is 0 Å². The monoisotopic (exact) mass is 237 g/mol. The molecule has 0 aliphatic heterocycles. The largest absolute Gasteiger partial charge is 0.387 e. The fraction of sp³-hybridized carbons (Fsp3) is 0.929. The smallest absolute Gasteiger partial charge is 0.105 e. The highest BCUT2D eigenvalue weighted by Gasteiger charge is 2.28. The zero-order valence-corrected chi connectivity index (χ0v) is 11.0. The van der Waals surface area contributed by atoms with Crippen molar-refractivity contribution in [3.63, 3.8) is 0 Å². The Morgan fingerprint density at radius 3 is 1.65 bits per heavy atom. The van der Waals surface area contributed by atoms with E-state index in [0.29, 0.717) is 24.5 Å². The molecule has 0 aromatic heterocycles. The summed E-state index contributed by atoms with van der Waals surface area (Å²) in [6, 6.07) is 1.41. The van der Waals surface area contributed by atoms with Crippen molar-refractivity contribution in [3.8, 4) is 0 Å². The molecule has 2 rings (SSSR count). The van der Waals surface area contributed by atoms with E-state index >= 15 is 0 Å². The molecule has 2 aliphatic carbocycles. The van der Waals surface area contributed by atoms with Crippen molar-refractivity contribution in [2.45, 2.75) is 76.3 Å². The molecule has 2 saturated carbocycles. The van der Waals surface area contributed by atoms with Gasteiger partial charge in [0.25, 0.3) is 0 Å². The lowest BCUT2D eigenvalue weighted by molar-refractivity contribution is 0.0978. The third kappa shape index (κ3) is 3.70. The maximum Gasteiger partial charge on any atom is 0.105 e. The Balaban J connectivity index is 1.97. The molecule has 0 aromatic rings. The van der Waals surface area contributed by atoms with E-state index in [1.54, 1.807) is 0 Å². The molecule has 2 aliphatic rings. The molecule has 0 heterocycles. The van der Waals surface area contributed by atoms with E-state index in [2.05, 4.69) is 4.90 Å². The van der Waals surface area contributed by atoms with Gasteiger partial charge in [0, 0.05) is 12.1 Å². The van der Waals surface area contributed by atoms with Crippen LogP contribution in [0, 0.1) is 5.41 Å². The Morgan fingerprint density at radius 1 is 0.882 bits per heavy atom. The minimum Gasteiger partial charge on any atom is -0.387 e. The van der Waals surface area contributed by atoms with Gasteiger partial charge < -0.3 is 5.73 Å². The van der Waals surface area contributed by atoms with E-state index in [0.717, 1.165) is 0 Å². The van der Waals surface area contributed by atoms with E-state index in [1.165, 1.54) is 64.2 Å². The number of nitrogens with one attached hydrogen (secondary N) is 1. The van der Waals surface area contributed by atoms with Crippen molar-refractivity contribution < 1.29 is 0 Å². The summed E-state index contributed by atoms with van der Waals surface area (Å²) < 4.78 is 0. The minimum absolute atomic E-state index is 0.348. The molecule has 0 bridgehead atoms. The fourth-order valence-electron chi connectivity index (χ4n) is 3.58. The molecule has 0 amide bonds. The average Bonchev–Trinajstić information content (AvgIpc) is 2.38. The van der Waals surface area contributed by atoms with E-state index in [-0.39, 0.29) is 0 Å². The standard InChI is InChI=1S/C14H27N3/c15-14(16)11-17(12-7-3-1-4-8-12)13-9-5-2-6-10-13/h12-13H,1-11H2,(H3,15,16). The first-order valence-corrected chi connectivity index (χ1v) is 7.36. The summed E-state index contributed by atoms with van der Waals surface area (Å²) in [7, 11) is 0. The normalized spacial score (nSPS) is 24.1. The lowest BCUT2D eigenvalue weighted by Crippen LogP contribution is -2.48. The van der Waals surface area contributed by atoms with Gasteiger partial charge in [-0.1, -0.05) is 38.5 Å². The Bertz CT molecular complexity index is 222. The van der Waals surface area contributed by atoms with Crippen molar-refractivity contribution in [2.24, 2.45) is 5.73 Å². The van der Waals surface area contributed by atoms with Gasteiger partial charge in [-0.05, 0) is 25.7 Å². The second-order valence-corrected chi connectivity index (χ2v) is 5.78. The second-order valence-electron chi connectivity index (χ2n) is 5.78. The van der Waals surface area contributed by atoms with Crippen LogP contribution in [0.2, 0.25) is 0 Å². The number of rotatable bonds is 4. The van der Waals surface area contributed by atoms with Gasteiger partial charge in [0.05, 0.1) is 6.54 Å². The predicted octanol–water partition coefficient (Wildman–Crippen LogP) is 2.89. The molecule has 0 unspecified atom stereocenters. The fourth-order valence-corrected chi connectivity index (χ4v) is 3.58. The molecular weight excluding hydrogens is 210 g/mol. The van der Waals surface area contributed by atoms with Crippen LogP contribution in [-0.2, 0) is 0 Å². The predicted molar refractivity (Wildman–Crippen MR) is 72.4 cm³/mol. The third-order valence-corrected chi connectivity index (χ3v) is 4.44. The van der Waals surface area contributed by atoms with Gasteiger partial charge in [-0.3, -0.25) is 10.3 Å². The summed E-state index contributed by atoms with van der Waals surface area (Å²) in [6.07, 6.45) is 13.6. The van der Waals surface area contributed by atoms with Gasteiger partial charge in [-0.25, -0.2) is 0 Å². The average molecular weight is 237 g/mol. The Morgan fingerprint density at radius 2 is 1.29 bits per heavy atom. The van der Waals surface area contributed by atoms with Crippen molar-refractivity contribution in [3.05, 3.63) is 0 Å². The van der Waals surface area contributed by atoms with Crippen LogP contribution in [0.1, 0.15) is 64.2 Å². The minimum atomic E-state index is 0.348. The second kappa shape index (κ2) is 6.39. The zero-order chi connectivity index (χ0) is 12.1. The topological polar surface area (TPSA) is 53.1 Å². The SMILES string of the molecule is N=C(N)CN(C1CCCCC1)C1CCCCC1. The molecule has 3 N–H and O–H groups in total. The summed E-state index contributed by atoms with van der Waals surface area (Å²) in [6.45, 7) is 0.704. The third-order valence-electron chi connectivity index (χ3n) is 4.44. The number of nitrogens with two attached hydrogens (primary N) is 1. The van der Waals surface area contributed by atoms with Crippen molar-refractivity contribution >= 4 is 5.84 Å². The van der Waals surface area contributed by atoms with Gasteiger partial charge in [-0.2, -0.15) is 0 Å². The summed E-state index contributed by atoms with van der Waals surface area (Å²) in [4.78, 5) is 2.57. The first kappa shape index (κ1) is 12.9. The molecular formula is C14H27N3. The van der Waals surface area contributed by atoms with E-state index in [9.17, 15) is 0 Å². The summed E-state index contributed by atoms with van der Waals surface area (Å²) in [5.41, 5.74) is 5.65. The van der Waals surface area contributed by atoms with Crippen LogP contribution >= 0.6 is 0 Å². The van der Waals surface area contributed by atoms with Crippen LogP contribution in [0.25, 0.3) is 0 Å². The van der Waals surface area contributed by atoms with Crippen LogP contribution in [0.15, 0.2) is 0 Å². The van der Waals surface area contributed by atoms with Gasteiger partial charge in [0.2, 0.25) is 0 Å². The van der Waals surface area contributed by atoms with Crippen molar-refractivity contribution in [1.82, 2.24) is 4.90 Å². The van der Waals surface area contributed by atoms with Gasteiger partial charge in [-0.15, -0.1) is 0 Å². The van der Waals surface area contributed by atoms with Gasteiger partial charge >= 0.3 is 0 Å². The number of hydrogen-bond acceptors (Lipinski definition) is 2. The van der Waals surface area contributed by atoms with Crippen molar-refractivity contribution in [1.29, 1.82) is 5.41 Å². The highest BCUT2D eigenvalue weighted by molar-refractivity contribution is 5.79. The van der Waals surface area contributed by atoms with Gasteiger partial charge in [0.15, 0.2) is 0 Å². The summed E-state index contributed by atoms with van der Waals surface area (Å²) in [5.74, 6) is 0.348. The molecule has 3 nitrogen and oxygen atoms in total. The highest BCUT2D eigenvalue weighted by Crippen LogP contribution is 2.29. The zero-order valence-electron chi connectivity index (χ0n) is 11.0. The van der Waals surface area contributed by atoms with Crippen LogP contribution in [0.3, 0.4) is 0 Å². The molecule has 0 spiro atoms. The highest BCUT2D eigenvalue weighted by atomic mass is 15.2. The maximum atomic E-state index is 7.60. The van der Waals surface area contributed by atoms with Crippen LogP contribution in [0.4, 0.5) is 0 Å². The quantitative estimate of drug-likeness (QED) is 0.583. The van der Waals surface area contributed by atoms with Crippen LogP contribution < -0.4 is 5.73 Å². The number of amidine groups is 1. The molecule has 0 atom stereocenters. The van der Waals surface area contributed by atoms with E-state index < -0.39 is 0 Å². The first-order chi connectivity index (χ1) is 8.27. The molecule has 17 heavy (non-hydrogen) atoms. The molecule has 98 valence electrons. The first-order valence-electron chi connectivity index (χ1n) is 7.36. The van der Waals surface area contributed by atoms with E-state index in [4.69, 9.17) is 11.1 Å². The van der Waals surface area contributed by atoms with Gasteiger partial charge in [0.1, 0.15) is 5.84 Å². The molecule has 0 aromatic carbocycles. The maximum absolute atomic E-state index is 7.60. The Hall–Kier alpha value is -0.570. The lowest BCUT2D eigenvalue weighted by Gasteiger charge is -2.41. The number of hydrogen-bond donors (Lipinski definition) is 2. The van der Waals surface area contributed by atoms with Crippen LogP contribution in [-0.4, -0.2) is 29.4 Å².